The van der Waals surface area contributed by atoms with E-state index >= 15 is 0 Å². The fourth-order valence-corrected chi connectivity index (χ4v) is 3.78. The minimum Gasteiger partial charge on any atom is -0.326 e. The molecular formula is C18H20N6O3S2. The van der Waals surface area contributed by atoms with Gasteiger partial charge in [-0.1, -0.05) is 30.0 Å². The van der Waals surface area contributed by atoms with Crippen LogP contribution in [0.1, 0.15) is 12.0 Å². The Hall–Kier alpha value is -2.76. The van der Waals surface area contributed by atoms with Gasteiger partial charge in [-0.2, -0.15) is 4.68 Å². The van der Waals surface area contributed by atoms with Gasteiger partial charge < -0.3 is 5.32 Å². The Morgan fingerprint density at radius 3 is 2.62 bits per heavy atom. The van der Waals surface area contributed by atoms with E-state index in [1.807, 2.05) is 18.4 Å². The van der Waals surface area contributed by atoms with Gasteiger partial charge in [-0.25, -0.2) is 13.1 Å². The average molecular weight is 433 g/mol. The number of hydrogen-bond donors (Lipinski definition) is 2. The molecule has 0 spiro atoms. The molecule has 0 saturated heterocycles. The van der Waals surface area contributed by atoms with Gasteiger partial charge in [0.05, 0.1) is 10.6 Å². The zero-order chi connectivity index (χ0) is 20.9. The van der Waals surface area contributed by atoms with Gasteiger partial charge in [0.2, 0.25) is 21.1 Å². The molecule has 2 N–H and O–H groups in total. The molecular weight excluding hydrogens is 412 g/mol. The number of nitrogens with one attached hydrogen (secondary N) is 2. The zero-order valence-corrected chi connectivity index (χ0v) is 17.5. The largest absolute Gasteiger partial charge is 0.326 e. The molecule has 0 atom stereocenters. The van der Waals surface area contributed by atoms with E-state index in [0.717, 1.165) is 11.3 Å². The first-order chi connectivity index (χ1) is 13.9. The summed E-state index contributed by atoms with van der Waals surface area (Å²) in [4.78, 5) is 12.5. The predicted octanol–water partition coefficient (Wildman–Crippen LogP) is 1.86. The number of carbonyl (C=O) groups excluding carboxylic acids is 1. The summed E-state index contributed by atoms with van der Waals surface area (Å²) < 4.78 is 27.4. The van der Waals surface area contributed by atoms with Crippen molar-refractivity contribution in [3.63, 3.8) is 0 Å². The van der Waals surface area contributed by atoms with Crippen LogP contribution in [0.15, 0.2) is 58.6 Å². The number of tetrazole rings is 1. The van der Waals surface area contributed by atoms with Crippen LogP contribution in [0.3, 0.4) is 0 Å². The second kappa shape index (κ2) is 9.16. The number of thioether (sulfide) groups is 1. The second-order valence-electron chi connectivity index (χ2n) is 6.03. The molecule has 1 heterocycles. The van der Waals surface area contributed by atoms with Crippen molar-refractivity contribution in [3.05, 3.63) is 54.1 Å². The molecule has 152 valence electrons. The standard InChI is InChI=1S/C18H20N6O3S2/c1-19-29(26,27)16-9-6-13(7-10-16)8-11-17(25)20-14-4-3-5-15(12-14)24-18(28-2)21-22-23-24/h3-7,9-10,12,19H,8,11H2,1-2H3,(H,20,25). The third kappa shape index (κ3) is 5.19. The Balaban J connectivity index is 1.61. The van der Waals surface area contributed by atoms with Crippen molar-refractivity contribution in [2.75, 3.05) is 18.6 Å². The third-order valence-electron chi connectivity index (χ3n) is 4.14. The summed E-state index contributed by atoms with van der Waals surface area (Å²) in [6, 6.07) is 13.7. The number of nitrogens with zero attached hydrogens (tertiary/aromatic N) is 4. The molecule has 1 aromatic heterocycles. The summed E-state index contributed by atoms with van der Waals surface area (Å²) >= 11 is 1.42. The number of carbonyl (C=O) groups is 1. The van der Waals surface area contributed by atoms with Crippen LogP contribution in [-0.4, -0.2) is 47.8 Å². The van der Waals surface area contributed by atoms with Crippen LogP contribution < -0.4 is 10.0 Å². The van der Waals surface area contributed by atoms with Gasteiger partial charge in [-0.3, -0.25) is 4.79 Å². The monoisotopic (exact) mass is 432 g/mol. The molecule has 1 amide bonds. The molecule has 0 aliphatic heterocycles. The van der Waals surface area contributed by atoms with Crippen LogP contribution in [-0.2, 0) is 21.2 Å². The molecule has 9 nitrogen and oxygen atoms in total. The average Bonchev–Trinajstić information content (AvgIpc) is 3.22. The molecule has 0 radical (unpaired) electrons. The number of benzene rings is 2. The van der Waals surface area contributed by atoms with Gasteiger partial charge in [0.25, 0.3) is 0 Å². The van der Waals surface area contributed by atoms with Crippen molar-refractivity contribution in [1.29, 1.82) is 0 Å². The van der Waals surface area contributed by atoms with Crippen molar-refractivity contribution in [2.45, 2.75) is 22.9 Å². The number of sulfonamides is 1. The first-order valence-electron chi connectivity index (χ1n) is 8.68. The quantitative estimate of drug-likeness (QED) is 0.522. The number of hydrogen-bond acceptors (Lipinski definition) is 7. The molecule has 3 aromatic rings. The Labute approximate surface area is 172 Å². The fourth-order valence-electron chi connectivity index (χ4n) is 2.62. The van der Waals surface area contributed by atoms with Crippen LogP contribution in [0.4, 0.5) is 5.69 Å². The highest BCUT2D eigenvalue weighted by molar-refractivity contribution is 7.98. The van der Waals surface area contributed by atoms with E-state index in [2.05, 4.69) is 25.6 Å². The molecule has 2 aromatic carbocycles. The molecule has 0 bridgehead atoms. The number of anilines is 1. The van der Waals surface area contributed by atoms with E-state index in [0.29, 0.717) is 17.3 Å². The second-order valence-corrected chi connectivity index (χ2v) is 8.69. The molecule has 0 saturated carbocycles. The van der Waals surface area contributed by atoms with Gasteiger partial charge >= 0.3 is 0 Å². The van der Waals surface area contributed by atoms with Crippen molar-refractivity contribution < 1.29 is 13.2 Å². The molecule has 29 heavy (non-hydrogen) atoms. The lowest BCUT2D eigenvalue weighted by Gasteiger charge is -2.08. The van der Waals surface area contributed by atoms with E-state index in [9.17, 15) is 13.2 Å². The van der Waals surface area contributed by atoms with E-state index in [4.69, 9.17) is 0 Å². The molecule has 0 aliphatic rings. The smallest absolute Gasteiger partial charge is 0.240 e. The molecule has 0 aliphatic carbocycles. The number of aryl methyl sites for hydroxylation is 1. The summed E-state index contributed by atoms with van der Waals surface area (Å²) in [6.07, 6.45) is 2.65. The minimum absolute atomic E-state index is 0.143. The summed E-state index contributed by atoms with van der Waals surface area (Å²) in [5.41, 5.74) is 2.27. The number of rotatable bonds is 8. The fraction of sp³-hybridized carbons (Fsp3) is 0.222. The van der Waals surface area contributed by atoms with Crippen LogP contribution in [0.5, 0.6) is 0 Å². The molecule has 0 unspecified atom stereocenters. The van der Waals surface area contributed by atoms with Gasteiger partial charge in [0.15, 0.2) is 0 Å². The predicted molar refractivity (Wildman–Crippen MR) is 111 cm³/mol. The maximum absolute atomic E-state index is 12.3. The van der Waals surface area contributed by atoms with Crippen LogP contribution in [0, 0.1) is 0 Å². The Kier molecular flexibility index (Phi) is 6.62. The highest BCUT2D eigenvalue weighted by Crippen LogP contribution is 2.19. The molecule has 0 fully saturated rings. The van der Waals surface area contributed by atoms with Gasteiger partial charge in [0.1, 0.15) is 0 Å². The summed E-state index contributed by atoms with van der Waals surface area (Å²) in [5, 5.41) is 15.1. The summed E-state index contributed by atoms with van der Waals surface area (Å²) in [6.45, 7) is 0. The van der Waals surface area contributed by atoms with Gasteiger partial charge in [-0.05, 0) is 66.0 Å². The minimum atomic E-state index is -3.46. The maximum Gasteiger partial charge on any atom is 0.240 e. The summed E-state index contributed by atoms with van der Waals surface area (Å²) in [5.74, 6) is -0.143. The van der Waals surface area contributed by atoms with Crippen molar-refractivity contribution in [2.24, 2.45) is 0 Å². The molecule has 3 rings (SSSR count). The van der Waals surface area contributed by atoms with Crippen molar-refractivity contribution in [1.82, 2.24) is 24.9 Å². The zero-order valence-electron chi connectivity index (χ0n) is 15.9. The third-order valence-corrected chi connectivity index (χ3v) is 6.19. The van der Waals surface area contributed by atoms with Gasteiger partial charge in [-0.15, -0.1) is 5.10 Å². The van der Waals surface area contributed by atoms with E-state index in [-0.39, 0.29) is 17.2 Å². The van der Waals surface area contributed by atoms with Crippen LogP contribution in [0.25, 0.3) is 5.69 Å². The lowest BCUT2D eigenvalue weighted by molar-refractivity contribution is -0.116. The maximum atomic E-state index is 12.3. The SMILES string of the molecule is CNS(=O)(=O)c1ccc(CCC(=O)Nc2cccc(-n3nnnc3SC)c2)cc1. The number of amides is 1. The topological polar surface area (TPSA) is 119 Å². The molecule has 11 heteroatoms. The lowest BCUT2D eigenvalue weighted by Crippen LogP contribution is -2.18. The lowest BCUT2D eigenvalue weighted by atomic mass is 10.1. The van der Waals surface area contributed by atoms with E-state index in [1.165, 1.54) is 30.9 Å². The highest BCUT2D eigenvalue weighted by atomic mass is 32.2. The van der Waals surface area contributed by atoms with Crippen LogP contribution in [0.2, 0.25) is 0 Å². The number of aromatic nitrogens is 4. The van der Waals surface area contributed by atoms with E-state index < -0.39 is 10.0 Å². The normalized spacial score (nSPS) is 11.4. The Morgan fingerprint density at radius 2 is 1.93 bits per heavy atom. The Bertz CT molecular complexity index is 1100. The van der Waals surface area contributed by atoms with Gasteiger partial charge in [0, 0.05) is 12.1 Å². The van der Waals surface area contributed by atoms with Crippen molar-refractivity contribution >= 4 is 33.4 Å². The first-order valence-corrected chi connectivity index (χ1v) is 11.4. The van der Waals surface area contributed by atoms with Crippen molar-refractivity contribution in [3.8, 4) is 5.69 Å². The Morgan fingerprint density at radius 1 is 1.17 bits per heavy atom. The highest BCUT2D eigenvalue weighted by Gasteiger charge is 2.11. The van der Waals surface area contributed by atoms with Crippen LogP contribution >= 0.6 is 11.8 Å². The summed E-state index contributed by atoms with van der Waals surface area (Å²) in [7, 11) is -2.10. The van der Waals surface area contributed by atoms with E-state index in [1.54, 1.807) is 28.9 Å². The first kappa shape index (κ1) is 21.0.